The summed E-state index contributed by atoms with van der Waals surface area (Å²) >= 11 is 10.1. The first kappa shape index (κ1) is 36.2. The van der Waals surface area contributed by atoms with E-state index in [0.29, 0.717) is 12.1 Å². The average molecular weight is 796 g/mol. The largest absolute Gasteiger partial charge is 0.359 e. The van der Waals surface area contributed by atoms with Crippen LogP contribution in [0.5, 0.6) is 0 Å². The highest BCUT2D eigenvalue weighted by Crippen LogP contribution is 2.39. The molecular weight excluding hydrogens is 757 g/mol. The van der Waals surface area contributed by atoms with E-state index in [0.717, 1.165) is 43.2 Å². The van der Waals surface area contributed by atoms with Gasteiger partial charge >= 0.3 is 0 Å². The highest BCUT2D eigenvalue weighted by molar-refractivity contribution is 9.10. The molecular formula is C44H39BrN6S2. The Bertz CT molecular complexity index is 2660. The summed E-state index contributed by atoms with van der Waals surface area (Å²) < 4.78 is 6.66. The molecule has 0 radical (unpaired) electrons. The van der Waals surface area contributed by atoms with Gasteiger partial charge in [0.25, 0.3) is 0 Å². The number of benzene rings is 6. The summed E-state index contributed by atoms with van der Waals surface area (Å²) in [7, 11) is 0. The second kappa shape index (κ2) is 15.8. The number of thiazole rings is 1. The van der Waals surface area contributed by atoms with Crippen LogP contribution in [-0.4, -0.2) is 31.4 Å². The minimum Gasteiger partial charge on any atom is -0.359 e. The van der Waals surface area contributed by atoms with Crippen LogP contribution in [0.2, 0.25) is 0 Å². The zero-order valence-electron chi connectivity index (χ0n) is 29.9. The predicted molar refractivity (Wildman–Crippen MR) is 235 cm³/mol. The number of hydrogen-bond donors (Lipinski definition) is 2. The summed E-state index contributed by atoms with van der Waals surface area (Å²) in [4.78, 5) is 9.18. The molecule has 3 heterocycles. The first-order chi connectivity index (χ1) is 25.8. The lowest BCUT2D eigenvalue weighted by Crippen LogP contribution is -2.08. The number of aromatic nitrogens is 3. The van der Waals surface area contributed by atoms with Crippen LogP contribution in [0.3, 0.4) is 0 Å². The number of isothiocyanates is 1. The van der Waals surface area contributed by atoms with E-state index < -0.39 is 0 Å². The van der Waals surface area contributed by atoms with Gasteiger partial charge in [-0.2, -0.15) is 4.99 Å². The van der Waals surface area contributed by atoms with Crippen molar-refractivity contribution in [1.82, 2.24) is 14.1 Å². The van der Waals surface area contributed by atoms with Gasteiger partial charge in [0.05, 0.1) is 43.3 Å². The topological polar surface area (TPSA) is 73.2 Å². The first-order valence-corrected chi connectivity index (χ1v) is 19.5. The van der Waals surface area contributed by atoms with E-state index in [1.54, 1.807) is 11.3 Å². The molecule has 3 aromatic heterocycles. The minimum absolute atomic E-state index is 0.333. The fourth-order valence-electron chi connectivity index (χ4n) is 6.63. The third kappa shape index (κ3) is 7.27. The highest BCUT2D eigenvalue weighted by atomic mass is 79.9. The molecule has 0 atom stereocenters. The molecule has 0 bridgehead atoms. The number of para-hydroxylation sites is 6. The van der Waals surface area contributed by atoms with Gasteiger partial charge in [-0.15, -0.1) is 0 Å². The molecule has 6 aromatic carbocycles. The number of nitrogens with zero attached hydrogens (tertiary/aromatic N) is 4. The number of thiocarbonyl (C=S) groups is 1. The number of nitrogens with one attached hydrogen (secondary N) is 1. The van der Waals surface area contributed by atoms with E-state index in [9.17, 15) is 0 Å². The molecule has 0 amide bonds. The van der Waals surface area contributed by atoms with E-state index in [1.165, 1.54) is 37.3 Å². The van der Waals surface area contributed by atoms with Crippen LogP contribution >= 0.6 is 39.5 Å². The zero-order chi connectivity index (χ0) is 37.1. The Morgan fingerprint density at radius 2 is 1.09 bits per heavy atom. The van der Waals surface area contributed by atoms with Gasteiger partial charge < -0.3 is 20.2 Å². The average Bonchev–Trinajstić information content (AvgIpc) is 3.82. The zero-order valence-corrected chi connectivity index (χ0v) is 33.1. The maximum Gasteiger partial charge on any atom is 0.184 e. The van der Waals surface area contributed by atoms with Crippen molar-refractivity contribution in [3.63, 3.8) is 0 Å². The monoisotopic (exact) mass is 794 g/mol. The van der Waals surface area contributed by atoms with Crippen molar-refractivity contribution < 1.29 is 0 Å². The van der Waals surface area contributed by atoms with Crippen LogP contribution in [0.1, 0.15) is 27.7 Å². The summed E-state index contributed by atoms with van der Waals surface area (Å²) in [6, 6.07) is 47.1. The Kier molecular flexibility index (Phi) is 10.8. The normalized spacial score (nSPS) is 11.2. The Labute approximate surface area is 326 Å². The number of aliphatic imine (C=N–C) groups is 1. The highest BCUT2D eigenvalue weighted by Gasteiger charge is 2.17. The number of halogens is 1. The molecule has 264 valence electrons. The predicted octanol–water partition coefficient (Wildman–Crippen LogP) is 12.8. The Balaban J connectivity index is 0.000000150. The van der Waals surface area contributed by atoms with Crippen LogP contribution in [0, 0.1) is 0 Å². The van der Waals surface area contributed by atoms with Crippen molar-refractivity contribution in [1.29, 1.82) is 0 Å². The van der Waals surface area contributed by atoms with Crippen molar-refractivity contribution in [3.05, 3.63) is 138 Å². The van der Waals surface area contributed by atoms with Crippen LogP contribution in [0.4, 0.5) is 10.8 Å². The molecule has 0 unspecified atom stereocenters. The number of anilines is 1. The van der Waals surface area contributed by atoms with Crippen LogP contribution in [0.25, 0.3) is 65.2 Å². The fraction of sp³-hybridized carbons (Fsp3) is 0.136. The minimum atomic E-state index is 0.333. The van der Waals surface area contributed by atoms with Gasteiger partial charge in [0.1, 0.15) is 11.2 Å². The molecule has 6 nitrogen and oxygen atoms in total. The third-order valence-electron chi connectivity index (χ3n) is 8.57. The Morgan fingerprint density at radius 3 is 1.57 bits per heavy atom. The first-order valence-electron chi connectivity index (χ1n) is 17.5. The summed E-state index contributed by atoms with van der Waals surface area (Å²) in [6.45, 7) is 8.17. The third-order valence-corrected chi connectivity index (χ3v) is 10.3. The van der Waals surface area contributed by atoms with E-state index in [2.05, 4.69) is 176 Å². The van der Waals surface area contributed by atoms with E-state index in [1.807, 2.05) is 26.0 Å². The lowest BCUT2D eigenvalue weighted by atomic mass is 10.2. The van der Waals surface area contributed by atoms with Gasteiger partial charge in [-0.3, -0.25) is 0 Å². The molecule has 0 fully saturated rings. The number of fused-ring (bicyclic) bond motifs is 7. The molecule has 0 saturated heterocycles. The maximum absolute atomic E-state index is 5.11. The van der Waals surface area contributed by atoms with Crippen molar-refractivity contribution >= 4 is 109 Å². The van der Waals surface area contributed by atoms with Crippen LogP contribution in [0.15, 0.2) is 143 Å². The quantitative estimate of drug-likeness (QED) is 0.134. The smallest absolute Gasteiger partial charge is 0.184 e. The van der Waals surface area contributed by atoms with E-state index >= 15 is 0 Å². The van der Waals surface area contributed by atoms with Crippen molar-refractivity contribution in [2.75, 3.05) is 5.32 Å². The van der Waals surface area contributed by atoms with Gasteiger partial charge in [-0.1, -0.05) is 110 Å². The van der Waals surface area contributed by atoms with E-state index in [4.69, 9.17) is 22.9 Å². The lowest BCUT2D eigenvalue weighted by molar-refractivity contribution is 0.834. The number of nitrogens with two attached hydrogens (primary N) is 1. The van der Waals surface area contributed by atoms with Gasteiger partial charge in [-0.25, -0.2) is 4.98 Å². The second-order valence-electron chi connectivity index (χ2n) is 13.2. The maximum atomic E-state index is 5.11. The molecule has 9 rings (SSSR count). The molecule has 0 spiro atoms. The second-order valence-corrected chi connectivity index (χ2v) is 15.3. The summed E-state index contributed by atoms with van der Waals surface area (Å²) in [6.07, 6.45) is 0. The van der Waals surface area contributed by atoms with Gasteiger partial charge in [0.15, 0.2) is 5.13 Å². The summed E-state index contributed by atoms with van der Waals surface area (Å²) in [5.41, 5.74) is 13.8. The molecule has 0 aliphatic heterocycles. The molecule has 53 heavy (non-hydrogen) atoms. The van der Waals surface area contributed by atoms with Crippen molar-refractivity contribution in [3.8, 4) is 11.4 Å². The lowest BCUT2D eigenvalue weighted by Gasteiger charge is -2.11. The fourth-order valence-corrected chi connectivity index (χ4v) is 8.20. The summed E-state index contributed by atoms with van der Waals surface area (Å²) in [5, 5.41) is 11.9. The number of rotatable bonds is 5. The standard InChI is InChI=1S/C22H19N3S.C19H11BrN2S.C3H9N/c1-14(2)23-22-24-21-19(12-7-13-20(21)26-22)25-17-10-5-3-8-15(17)16-9-4-6-11-18(16)25;20-15-8-5-11-18(19(15)21-12-23)22-16-9-3-1-6-13(16)14-7-2-4-10-17(14)22;1-3(2)4/h3-14H,1-2H3,(H,23,24);1-11H;3H,4H2,1-2H3. The van der Waals surface area contributed by atoms with Gasteiger partial charge in [0.2, 0.25) is 0 Å². The number of hydrogen-bond acceptors (Lipinski definition) is 6. The van der Waals surface area contributed by atoms with Gasteiger partial charge in [0, 0.05) is 32.1 Å². The molecule has 9 aromatic rings. The van der Waals surface area contributed by atoms with Crippen molar-refractivity contribution in [2.24, 2.45) is 10.7 Å². The molecule has 0 aliphatic carbocycles. The SMILES string of the molecule is CC(C)N.CC(C)Nc1nc2c(-n3c4ccccc4c4ccccc43)cccc2s1.S=C=Nc1c(Br)cccc1-n1c2ccccc2c2ccccc21. The molecule has 0 saturated carbocycles. The van der Waals surface area contributed by atoms with Crippen molar-refractivity contribution in [2.45, 2.75) is 39.8 Å². The Morgan fingerprint density at radius 1 is 0.660 bits per heavy atom. The summed E-state index contributed by atoms with van der Waals surface area (Å²) in [5.74, 6) is 0. The molecule has 3 N–H and O–H groups in total. The van der Waals surface area contributed by atoms with Gasteiger partial charge in [-0.05, 0) is 96.6 Å². The molecule has 0 aliphatic rings. The Hall–Kier alpha value is -5.15. The van der Waals surface area contributed by atoms with Crippen LogP contribution < -0.4 is 11.1 Å². The molecule has 9 heteroatoms. The van der Waals surface area contributed by atoms with Crippen LogP contribution in [-0.2, 0) is 0 Å². The van der Waals surface area contributed by atoms with E-state index in [-0.39, 0.29) is 0 Å².